The molecule has 1 amide bonds. The number of aromatic nitrogens is 1. The largest absolute Gasteiger partial charge is 0.454 e. The maximum Gasteiger partial charge on any atom is 0.272 e. The van der Waals surface area contributed by atoms with Crippen LogP contribution in [0.2, 0.25) is 0 Å². The van der Waals surface area contributed by atoms with Gasteiger partial charge in [0.25, 0.3) is 5.91 Å². The summed E-state index contributed by atoms with van der Waals surface area (Å²) in [6, 6.07) is 11.4. The van der Waals surface area contributed by atoms with Crippen LogP contribution in [0.3, 0.4) is 0 Å². The molecule has 2 aromatic carbocycles. The Balaban J connectivity index is 1.62. The first-order valence-corrected chi connectivity index (χ1v) is 6.69. The topological polar surface area (TPSA) is 63.4 Å². The lowest BCUT2D eigenvalue weighted by Gasteiger charge is -2.04. The second kappa shape index (κ2) is 4.77. The van der Waals surface area contributed by atoms with Gasteiger partial charge in [0.1, 0.15) is 11.5 Å². The summed E-state index contributed by atoms with van der Waals surface area (Å²) in [5.74, 6) is 0.486. The van der Waals surface area contributed by atoms with E-state index in [4.69, 9.17) is 9.47 Å². The first-order valence-electron chi connectivity index (χ1n) is 6.69. The van der Waals surface area contributed by atoms with Crippen molar-refractivity contribution in [3.8, 4) is 11.5 Å². The van der Waals surface area contributed by atoms with E-state index in [1.807, 2.05) is 0 Å². The van der Waals surface area contributed by atoms with Gasteiger partial charge in [0.15, 0.2) is 11.5 Å². The highest BCUT2D eigenvalue weighted by molar-refractivity contribution is 6.06. The number of H-pyrrole nitrogens is 1. The quantitative estimate of drug-likeness (QED) is 0.763. The van der Waals surface area contributed by atoms with Gasteiger partial charge in [0.2, 0.25) is 6.79 Å². The van der Waals surface area contributed by atoms with E-state index in [0.29, 0.717) is 28.1 Å². The summed E-state index contributed by atoms with van der Waals surface area (Å²) >= 11 is 0. The lowest BCUT2D eigenvalue weighted by Crippen LogP contribution is -2.12. The van der Waals surface area contributed by atoms with Crippen LogP contribution in [-0.4, -0.2) is 17.7 Å². The molecule has 3 aromatic rings. The highest BCUT2D eigenvalue weighted by Gasteiger charge is 2.16. The molecular formula is C16H11FN2O3. The minimum Gasteiger partial charge on any atom is -0.454 e. The van der Waals surface area contributed by atoms with E-state index < -0.39 is 0 Å². The van der Waals surface area contributed by atoms with E-state index in [-0.39, 0.29) is 24.2 Å². The third kappa shape index (κ3) is 2.05. The average molecular weight is 298 g/mol. The smallest absolute Gasteiger partial charge is 0.272 e. The Morgan fingerprint density at radius 1 is 1.14 bits per heavy atom. The molecule has 0 spiro atoms. The van der Waals surface area contributed by atoms with Gasteiger partial charge < -0.3 is 19.8 Å². The molecule has 0 aliphatic carbocycles. The summed E-state index contributed by atoms with van der Waals surface area (Å²) in [7, 11) is 0. The van der Waals surface area contributed by atoms with Crippen LogP contribution < -0.4 is 14.8 Å². The molecular weight excluding hydrogens is 287 g/mol. The number of ether oxygens (including phenoxy) is 2. The predicted octanol–water partition coefficient (Wildman–Crippen LogP) is 3.29. The predicted molar refractivity (Wildman–Crippen MR) is 78.8 cm³/mol. The fourth-order valence-electron chi connectivity index (χ4n) is 2.41. The molecule has 0 unspecified atom stereocenters. The van der Waals surface area contributed by atoms with E-state index >= 15 is 0 Å². The number of aromatic amines is 1. The Morgan fingerprint density at radius 3 is 2.86 bits per heavy atom. The van der Waals surface area contributed by atoms with Crippen molar-refractivity contribution in [2.75, 3.05) is 12.1 Å². The molecule has 22 heavy (non-hydrogen) atoms. The second-order valence-corrected chi connectivity index (χ2v) is 4.91. The Hall–Kier alpha value is -3.02. The molecule has 0 atom stereocenters. The Labute approximate surface area is 124 Å². The van der Waals surface area contributed by atoms with Crippen LogP contribution in [0.1, 0.15) is 10.5 Å². The van der Waals surface area contributed by atoms with Crippen molar-refractivity contribution in [3.63, 3.8) is 0 Å². The van der Waals surface area contributed by atoms with Crippen molar-refractivity contribution in [2.45, 2.75) is 0 Å². The summed E-state index contributed by atoms with van der Waals surface area (Å²) in [5.41, 5.74) is 1.18. The summed E-state index contributed by atoms with van der Waals surface area (Å²) in [6.07, 6.45) is 0. The van der Waals surface area contributed by atoms with E-state index in [9.17, 15) is 9.18 Å². The fourth-order valence-corrected chi connectivity index (χ4v) is 2.41. The summed E-state index contributed by atoms with van der Waals surface area (Å²) in [5, 5.41) is 3.39. The lowest BCUT2D eigenvalue weighted by atomic mass is 10.2. The maximum absolute atomic E-state index is 13.6. The molecule has 6 heteroatoms. The number of rotatable bonds is 2. The SMILES string of the molecule is O=C(Nc1ccc2c(c1)OCO2)c1cc2cccc(F)c2[nH]1. The van der Waals surface area contributed by atoms with Gasteiger partial charge >= 0.3 is 0 Å². The standard InChI is InChI=1S/C16H11FN2O3/c17-11-3-1-2-9-6-12(19-15(9)11)16(20)18-10-4-5-13-14(7-10)22-8-21-13/h1-7,19H,8H2,(H,18,20). The number of carbonyl (C=O) groups is 1. The van der Waals surface area contributed by atoms with Crippen LogP contribution in [-0.2, 0) is 0 Å². The summed E-state index contributed by atoms with van der Waals surface area (Å²) in [6.45, 7) is 0.175. The number of carbonyl (C=O) groups excluding carboxylic acids is 1. The van der Waals surface area contributed by atoms with Crippen molar-refractivity contribution in [1.29, 1.82) is 0 Å². The number of anilines is 1. The maximum atomic E-state index is 13.6. The number of fused-ring (bicyclic) bond motifs is 2. The number of hydrogen-bond donors (Lipinski definition) is 2. The van der Waals surface area contributed by atoms with E-state index in [0.717, 1.165) is 0 Å². The van der Waals surface area contributed by atoms with Crippen LogP contribution in [0.15, 0.2) is 42.5 Å². The molecule has 0 saturated heterocycles. The van der Waals surface area contributed by atoms with E-state index in [2.05, 4.69) is 10.3 Å². The van der Waals surface area contributed by atoms with Crippen LogP contribution in [0.5, 0.6) is 11.5 Å². The highest BCUT2D eigenvalue weighted by atomic mass is 19.1. The second-order valence-electron chi connectivity index (χ2n) is 4.91. The Bertz CT molecular complexity index is 888. The zero-order chi connectivity index (χ0) is 15.1. The number of halogens is 1. The fraction of sp³-hybridized carbons (Fsp3) is 0.0625. The number of benzene rings is 2. The molecule has 0 bridgehead atoms. The summed E-state index contributed by atoms with van der Waals surface area (Å²) < 4.78 is 24.1. The molecule has 1 aliphatic heterocycles. The monoisotopic (exact) mass is 298 g/mol. The number of amides is 1. The zero-order valence-electron chi connectivity index (χ0n) is 11.4. The van der Waals surface area contributed by atoms with Crippen molar-refractivity contribution >= 4 is 22.5 Å². The normalized spacial score (nSPS) is 12.6. The molecule has 0 radical (unpaired) electrons. The minimum atomic E-state index is -0.389. The Morgan fingerprint density at radius 2 is 2.00 bits per heavy atom. The Kier molecular flexibility index (Phi) is 2.75. The van der Waals surface area contributed by atoms with Crippen LogP contribution in [0, 0.1) is 5.82 Å². The molecule has 1 aliphatic rings. The van der Waals surface area contributed by atoms with Gasteiger partial charge in [-0.1, -0.05) is 12.1 Å². The van der Waals surface area contributed by atoms with Crippen LogP contribution in [0.25, 0.3) is 10.9 Å². The van der Waals surface area contributed by atoms with Crippen molar-refractivity contribution in [1.82, 2.24) is 4.98 Å². The number of hydrogen-bond acceptors (Lipinski definition) is 3. The molecule has 0 fully saturated rings. The number of nitrogens with one attached hydrogen (secondary N) is 2. The lowest BCUT2D eigenvalue weighted by molar-refractivity contribution is 0.102. The highest BCUT2D eigenvalue weighted by Crippen LogP contribution is 2.34. The summed E-state index contributed by atoms with van der Waals surface area (Å²) in [4.78, 5) is 15.1. The van der Waals surface area contributed by atoms with Gasteiger partial charge in [-0.3, -0.25) is 4.79 Å². The third-order valence-corrected chi connectivity index (χ3v) is 3.48. The molecule has 0 saturated carbocycles. The van der Waals surface area contributed by atoms with Crippen molar-refractivity contribution < 1.29 is 18.7 Å². The third-order valence-electron chi connectivity index (χ3n) is 3.48. The number of para-hydroxylation sites is 1. The first-order chi connectivity index (χ1) is 10.7. The molecule has 2 heterocycles. The van der Waals surface area contributed by atoms with Gasteiger partial charge in [-0.25, -0.2) is 4.39 Å². The van der Waals surface area contributed by atoms with Gasteiger partial charge in [-0.15, -0.1) is 0 Å². The minimum absolute atomic E-state index is 0.175. The van der Waals surface area contributed by atoms with Gasteiger partial charge in [-0.05, 0) is 24.3 Å². The average Bonchev–Trinajstić information content (AvgIpc) is 3.13. The van der Waals surface area contributed by atoms with E-state index in [1.54, 1.807) is 36.4 Å². The van der Waals surface area contributed by atoms with Crippen molar-refractivity contribution in [3.05, 3.63) is 54.0 Å². The molecule has 5 nitrogen and oxygen atoms in total. The van der Waals surface area contributed by atoms with Gasteiger partial charge in [-0.2, -0.15) is 0 Å². The molecule has 4 rings (SSSR count). The first kappa shape index (κ1) is 12.7. The zero-order valence-corrected chi connectivity index (χ0v) is 11.4. The molecule has 110 valence electrons. The molecule has 2 N–H and O–H groups in total. The van der Waals surface area contributed by atoms with Crippen molar-refractivity contribution in [2.24, 2.45) is 0 Å². The van der Waals surface area contributed by atoms with Gasteiger partial charge in [0.05, 0.1) is 5.52 Å². The van der Waals surface area contributed by atoms with Crippen LogP contribution >= 0.6 is 0 Å². The van der Waals surface area contributed by atoms with Crippen LogP contribution in [0.4, 0.5) is 10.1 Å². The molecule has 1 aromatic heterocycles. The van der Waals surface area contributed by atoms with Gasteiger partial charge in [0, 0.05) is 17.1 Å². The van der Waals surface area contributed by atoms with E-state index in [1.165, 1.54) is 6.07 Å².